The quantitative estimate of drug-likeness (QED) is 0.745. The number of benzene rings is 2. The molecule has 31 heavy (non-hydrogen) atoms. The summed E-state index contributed by atoms with van der Waals surface area (Å²) in [5, 5.41) is 9.04. The Morgan fingerprint density at radius 1 is 1.13 bits per heavy atom. The van der Waals surface area contributed by atoms with Crippen LogP contribution in [-0.2, 0) is 27.4 Å². The lowest BCUT2D eigenvalue weighted by atomic mass is 10.1. The van der Waals surface area contributed by atoms with Crippen LogP contribution < -0.4 is 4.90 Å². The van der Waals surface area contributed by atoms with Crippen LogP contribution in [0.25, 0.3) is 0 Å². The maximum Gasteiger partial charge on any atom is 0.416 e. The van der Waals surface area contributed by atoms with Crippen molar-refractivity contribution < 1.29 is 31.5 Å². The van der Waals surface area contributed by atoms with Crippen molar-refractivity contribution in [2.75, 3.05) is 24.5 Å². The summed E-state index contributed by atoms with van der Waals surface area (Å²) in [6.07, 6.45) is -4.68. The van der Waals surface area contributed by atoms with Gasteiger partial charge in [-0.15, -0.1) is 0 Å². The molecule has 0 amide bonds. The van der Waals surface area contributed by atoms with Crippen LogP contribution in [0.2, 0.25) is 0 Å². The second-order valence-electron chi connectivity index (χ2n) is 7.61. The molecule has 3 rings (SSSR count). The van der Waals surface area contributed by atoms with Gasteiger partial charge >= 0.3 is 12.1 Å². The van der Waals surface area contributed by atoms with E-state index in [-0.39, 0.29) is 30.4 Å². The Balaban J connectivity index is 1.78. The third-order valence-electron chi connectivity index (χ3n) is 5.42. The van der Waals surface area contributed by atoms with Crippen LogP contribution in [-0.4, -0.2) is 49.5 Å². The molecule has 1 fully saturated rings. The van der Waals surface area contributed by atoms with Crippen molar-refractivity contribution in [3.63, 3.8) is 0 Å². The normalized spacial score (nSPS) is 18.2. The number of hydrogen-bond acceptors (Lipinski definition) is 4. The fraction of sp³-hybridized carbons (Fsp3) is 0.381. The molecule has 0 unspecified atom stereocenters. The van der Waals surface area contributed by atoms with E-state index in [1.54, 1.807) is 13.0 Å². The highest BCUT2D eigenvalue weighted by atomic mass is 32.2. The van der Waals surface area contributed by atoms with E-state index in [1.165, 1.54) is 28.6 Å². The molecule has 0 aromatic heterocycles. The summed E-state index contributed by atoms with van der Waals surface area (Å²) in [7, 11) is -3.84. The average Bonchev–Trinajstić information content (AvgIpc) is 2.68. The van der Waals surface area contributed by atoms with Gasteiger partial charge in [-0.3, -0.25) is 4.79 Å². The first-order valence-corrected chi connectivity index (χ1v) is 11.1. The topological polar surface area (TPSA) is 77.9 Å². The zero-order valence-electron chi connectivity index (χ0n) is 17.1. The largest absolute Gasteiger partial charge is 0.481 e. The molecule has 1 atom stereocenters. The third-order valence-corrected chi connectivity index (χ3v) is 7.28. The maximum atomic E-state index is 13.1. The lowest BCUT2D eigenvalue weighted by Gasteiger charge is -2.40. The standard InChI is InChI=1S/C21H23F3N2O4S/c1-14-3-8-19(11-16(14)12-20(27)28)31(29,30)25-9-10-26(15(2)13-25)18-6-4-17(5-7-18)21(22,23)24/h3-8,11,15H,9-10,12-13H2,1-2H3,(H,27,28)/t15-/m0/s1. The fourth-order valence-electron chi connectivity index (χ4n) is 3.68. The van der Waals surface area contributed by atoms with Crippen LogP contribution in [0.3, 0.4) is 0 Å². The third kappa shape index (κ3) is 5.01. The van der Waals surface area contributed by atoms with Crippen molar-refractivity contribution in [2.45, 2.75) is 37.4 Å². The predicted molar refractivity (Wildman–Crippen MR) is 110 cm³/mol. The van der Waals surface area contributed by atoms with Crippen molar-refractivity contribution in [2.24, 2.45) is 0 Å². The SMILES string of the molecule is Cc1ccc(S(=O)(=O)N2CCN(c3ccc(C(F)(F)F)cc3)[C@@H](C)C2)cc1CC(=O)O. The number of halogens is 3. The van der Waals surface area contributed by atoms with Crippen LogP contribution >= 0.6 is 0 Å². The van der Waals surface area contributed by atoms with Gasteiger partial charge in [0.2, 0.25) is 10.0 Å². The molecule has 0 spiro atoms. The van der Waals surface area contributed by atoms with Crippen LogP contribution in [0, 0.1) is 6.92 Å². The number of aliphatic carboxylic acids is 1. The molecule has 0 aliphatic carbocycles. The molecule has 0 bridgehead atoms. The predicted octanol–water partition coefficient (Wildman–Crippen LogP) is 3.54. The van der Waals surface area contributed by atoms with Gasteiger partial charge in [-0.25, -0.2) is 8.42 Å². The zero-order valence-corrected chi connectivity index (χ0v) is 17.9. The van der Waals surface area contributed by atoms with Gasteiger partial charge < -0.3 is 10.0 Å². The summed E-state index contributed by atoms with van der Waals surface area (Å²) in [6.45, 7) is 4.17. The highest BCUT2D eigenvalue weighted by Gasteiger charge is 2.34. The number of nitrogens with zero attached hydrogens (tertiary/aromatic N) is 2. The molecule has 2 aromatic rings. The monoisotopic (exact) mass is 456 g/mol. The van der Waals surface area contributed by atoms with Crippen molar-refractivity contribution in [3.8, 4) is 0 Å². The minimum Gasteiger partial charge on any atom is -0.481 e. The van der Waals surface area contributed by atoms with E-state index >= 15 is 0 Å². The van der Waals surface area contributed by atoms with Gasteiger partial charge in [0.15, 0.2) is 0 Å². The first kappa shape index (κ1) is 23.1. The van der Waals surface area contributed by atoms with Gasteiger partial charge in [0.1, 0.15) is 0 Å². The first-order valence-electron chi connectivity index (χ1n) is 9.65. The fourth-order valence-corrected chi connectivity index (χ4v) is 5.24. The summed E-state index contributed by atoms with van der Waals surface area (Å²) in [5.74, 6) is -1.04. The summed E-state index contributed by atoms with van der Waals surface area (Å²) in [5.41, 5.74) is 0.991. The molecule has 168 valence electrons. The number of carboxylic acids is 1. The molecule has 1 aliphatic heterocycles. The van der Waals surface area contributed by atoms with E-state index in [9.17, 15) is 26.4 Å². The second-order valence-corrected chi connectivity index (χ2v) is 9.55. The Morgan fingerprint density at radius 3 is 2.32 bits per heavy atom. The molecule has 1 aliphatic rings. The highest BCUT2D eigenvalue weighted by molar-refractivity contribution is 7.89. The van der Waals surface area contributed by atoms with Crippen LogP contribution in [0.4, 0.5) is 18.9 Å². The van der Waals surface area contributed by atoms with Crippen LogP contribution in [0.15, 0.2) is 47.4 Å². The van der Waals surface area contributed by atoms with Crippen LogP contribution in [0.1, 0.15) is 23.6 Å². The number of carbonyl (C=O) groups is 1. The second kappa shape index (κ2) is 8.51. The van der Waals surface area contributed by atoms with E-state index in [1.807, 2.05) is 11.8 Å². The Hall–Kier alpha value is -2.59. The van der Waals surface area contributed by atoms with Crippen LogP contribution in [0.5, 0.6) is 0 Å². The summed E-state index contributed by atoms with van der Waals surface area (Å²) in [6, 6.07) is 9.00. The van der Waals surface area contributed by atoms with Gasteiger partial charge in [-0.1, -0.05) is 6.07 Å². The van der Waals surface area contributed by atoms with E-state index < -0.39 is 27.7 Å². The maximum absolute atomic E-state index is 13.1. The van der Waals surface area contributed by atoms with Crippen molar-refractivity contribution in [3.05, 3.63) is 59.2 Å². The van der Waals surface area contributed by atoms with E-state index in [2.05, 4.69) is 0 Å². The molecule has 1 heterocycles. The summed E-state index contributed by atoms with van der Waals surface area (Å²) in [4.78, 5) is 12.9. The number of carboxylic acid groups (broad SMARTS) is 1. The molecule has 6 nitrogen and oxygen atoms in total. The number of aryl methyl sites for hydroxylation is 1. The molecule has 10 heteroatoms. The molecular weight excluding hydrogens is 433 g/mol. The van der Waals surface area contributed by atoms with Gasteiger partial charge in [0.05, 0.1) is 16.9 Å². The number of rotatable bonds is 5. The van der Waals surface area contributed by atoms with E-state index in [0.29, 0.717) is 23.4 Å². The lowest BCUT2D eigenvalue weighted by molar-refractivity contribution is -0.138. The van der Waals surface area contributed by atoms with Crippen molar-refractivity contribution in [1.29, 1.82) is 0 Å². The molecule has 0 saturated carbocycles. The number of piperazine rings is 1. The molecule has 2 aromatic carbocycles. The summed E-state index contributed by atoms with van der Waals surface area (Å²) < 4.78 is 65.9. The number of anilines is 1. The van der Waals surface area contributed by atoms with E-state index in [4.69, 9.17) is 5.11 Å². The Labute approximate surface area is 178 Å². The smallest absolute Gasteiger partial charge is 0.416 e. The Bertz CT molecular complexity index is 1070. The number of alkyl halides is 3. The van der Waals surface area contributed by atoms with Gasteiger partial charge in [-0.05, 0) is 61.4 Å². The lowest BCUT2D eigenvalue weighted by Crippen LogP contribution is -2.53. The van der Waals surface area contributed by atoms with Crippen molar-refractivity contribution >= 4 is 21.7 Å². The minimum atomic E-state index is -4.41. The average molecular weight is 456 g/mol. The van der Waals surface area contributed by atoms with Crippen molar-refractivity contribution in [1.82, 2.24) is 4.31 Å². The van der Waals surface area contributed by atoms with Gasteiger partial charge in [-0.2, -0.15) is 17.5 Å². The van der Waals surface area contributed by atoms with Gasteiger partial charge in [0, 0.05) is 31.4 Å². The molecule has 1 saturated heterocycles. The molecule has 0 radical (unpaired) electrons. The summed E-state index contributed by atoms with van der Waals surface area (Å²) >= 11 is 0. The minimum absolute atomic E-state index is 0.0320. The molecular formula is C21H23F3N2O4S. The number of sulfonamides is 1. The number of hydrogen-bond donors (Lipinski definition) is 1. The van der Waals surface area contributed by atoms with E-state index in [0.717, 1.165) is 12.1 Å². The van der Waals surface area contributed by atoms with Gasteiger partial charge in [0.25, 0.3) is 0 Å². The Morgan fingerprint density at radius 2 is 1.77 bits per heavy atom. The molecule has 1 N–H and O–H groups in total. The zero-order chi connectivity index (χ0) is 23.0. The highest BCUT2D eigenvalue weighted by Crippen LogP contribution is 2.32. The Kier molecular flexibility index (Phi) is 6.33. The first-order chi connectivity index (χ1) is 14.4.